The van der Waals surface area contributed by atoms with Gasteiger partial charge in [0, 0.05) is 64.8 Å². The fourth-order valence-corrected chi connectivity index (χ4v) is 3.05. The quantitative estimate of drug-likeness (QED) is 0.782. The molecule has 126 valence electrons. The van der Waals surface area contributed by atoms with Gasteiger partial charge in [0.25, 0.3) is 5.91 Å². The number of nitrogens with zero attached hydrogens (tertiary/aromatic N) is 6. The van der Waals surface area contributed by atoms with Gasteiger partial charge in [-0.3, -0.25) is 4.79 Å². The Morgan fingerprint density at radius 1 is 1.00 bits per heavy atom. The molecule has 7 nitrogen and oxygen atoms in total. The van der Waals surface area contributed by atoms with E-state index < -0.39 is 0 Å². The standard InChI is InChI=1S/C16H26N6O/c1-3-20-6-10-21(11-7-20)15(23)14-12-17-16(18-13-14)22-8-4-19(2)5-9-22/h12-13H,3-11H2,1-2H3. The molecule has 0 unspecified atom stereocenters. The van der Waals surface area contributed by atoms with Gasteiger partial charge in [-0.25, -0.2) is 9.97 Å². The molecule has 23 heavy (non-hydrogen) atoms. The summed E-state index contributed by atoms with van der Waals surface area (Å²) in [6, 6.07) is 0. The third kappa shape index (κ3) is 3.79. The van der Waals surface area contributed by atoms with E-state index in [1.54, 1.807) is 12.4 Å². The molecule has 0 atom stereocenters. The van der Waals surface area contributed by atoms with Crippen molar-refractivity contribution in [1.82, 2.24) is 24.7 Å². The Balaban J connectivity index is 1.59. The van der Waals surface area contributed by atoms with Gasteiger partial charge in [0.2, 0.25) is 5.95 Å². The van der Waals surface area contributed by atoms with Crippen LogP contribution in [0.15, 0.2) is 12.4 Å². The van der Waals surface area contributed by atoms with Crippen LogP contribution in [0.5, 0.6) is 0 Å². The van der Waals surface area contributed by atoms with Crippen molar-refractivity contribution in [1.29, 1.82) is 0 Å². The second-order valence-electron chi connectivity index (χ2n) is 6.29. The highest BCUT2D eigenvalue weighted by Crippen LogP contribution is 2.12. The van der Waals surface area contributed by atoms with E-state index in [0.717, 1.165) is 64.9 Å². The molecule has 0 N–H and O–H groups in total. The molecule has 0 aromatic carbocycles. The fourth-order valence-electron chi connectivity index (χ4n) is 3.05. The summed E-state index contributed by atoms with van der Waals surface area (Å²) in [6.07, 6.45) is 3.35. The lowest BCUT2D eigenvalue weighted by Gasteiger charge is -2.34. The molecular formula is C16H26N6O. The van der Waals surface area contributed by atoms with E-state index in [1.807, 2.05) is 4.90 Å². The minimum Gasteiger partial charge on any atom is -0.338 e. The van der Waals surface area contributed by atoms with Gasteiger partial charge >= 0.3 is 0 Å². The Kier molecular flexibility index (Phi) is 5.07. The summed E-state index contributed by atoms with van der Waals surface area (Å²) in [7, 11) is 2.12. The number of anilines is 1. The number of hydrogen-bond acceptors (Lipinski definition) is 6. The zero-order valence-electron chi connectivity index (χ0n) is 14.1. The first-order chi connectivity index (χ1) is 11.2. The van der Waals surface area contributed by atoms with Crippen molar-refractivity contribution in [2.45, 2.75) is 6.92 Å². The van der Waals surface area contributed by atoms with Crippen LogP contribution in [0.1, 0.15) is 17.3 Å². The summed E-state index contributed by atoms with van der Waals surface area (Å²) in [5, 5.41) is 0. The van der Waals surface area contributed by atoms with Crippen molar-refractivity contribution >= 4 is 11.9 Å². The summed E-state index contributed by atoms with van der Waals surface area (Å²) in [4.78, 5) is 30.1. The number of piperazine rings is 2. The molecule has 1 amide bonds. The normalized spacial score (nSPS) is 20.8. The zero-order chi connectivity index (χ0) is 16.2. The largest absolute Gasteiger partial charge is 0.338 e. The van der Waals surface area contributed by atoms with Crippen LogP contribution < -0.4 is 4.90 Å². The van der Waals surface area contributed by atoms with Crippen molar-refractivity contribution in [2.24, 2.45) is 0 Å². The Morgan fingerprint density at radius 2 is 1.61 bits per heavy atom. The number of carbonyl (C=O) groups is 1. The maximum Gasteiger partial charge on any atom is 0.257 e. The van der Waals surface area contributed by atoms with Crippen molar-refractivity contribution < 1.29 is 4.79 Å². The molecule has 2 saturated heterocycles. The number of aromatic nitrogens is 2. The molecule has 3 rings (SSSR count). The van der Waals surface area contributed by atoms with Crippen molar-refractivity contribution in [3.05, 3.63) is 18.0 Å². The number of likely N-dealkylation sites (N-methyl/N-ethyl adjacent to an activating group) is 2. The maximum absolute atomic E-state index is 12.5. The van der Waals surface area contributed by atoms with Crippen LogP contribution in [0.2, 0.25) is 0 Å². The fraction of sp³-hybridized carbons (Fsp3) is 0.688. The first-order valence-corrected chi connectivity index (χ1v) is 8.44. The van der Waals surface area contributed by atoms with E-state index >= 15 is 0 Å². The van der Waals surface area contributed by atoms with Crippen LogP contribution in [0.3, 0.4) is 0 Å². The number of amides is 1. The van der Waals surface area contributed by atoms with Gasteiger partial charge in [-0.1, -0.05) is 6.92 Å². The van der Waals surface area contributed by atoms with Crippen LogP contribution in [-0.2, 0) is 0 Å². The van der Waals surface area contributed by atoms with E-state index in [9.17, 15) is 4.79 Å². The Morgan fingerprint density at radius 3 is 2.17 bits per heavy atom. The van der Waals surface area contributed by atoms with E-state index in [-0.39, 0.29) is 5.91 Å². The predicted octanol–water partition coefficient (Wildman–Crippen LogP) is 0.00610. The number of rotatable bonds is 3. The molecule has 0 bridgehead atoms. The number of hydrogen-bond donors (Lipinski definition) is 0. The van der Waals surface area contributed by atoms with E-state index in [4.69, 9.17) is 0 Å². The summed E-state index contributed by atoms with van der Waals surface area (Å²) < 4.78 is 0. The minimum atomic E-state index is 0.0469. The smallest absolute Gasteiger partial charge is 0.257 e. The SMILES string of the molecule is CCN1CCN(C(=O)c2cnc(N3CCN(C)CC3)nc2)CC1. The molecule has 0 saturated carbocycles. The second kappa shape index (κ2) is 7.23. The summed E-state index contributed by atoms with van der Waals surface area (Å²) in [6.45, 7) is 10.6. The zero-order valence-corrected chi connectivity index (χ0v) is 14.1. The lowest BCUT2D eigenvalue weighted by Crippen LogP contribution is -2.48. The molecule has 0 spiro atoms. The van der Waals surface area contributed by atoms with E-state index in [1.165, 1.54) is 0 Å². The summed E-state index contributed by atoms with van der Waals surface area (Å²) in [5.41, 5.74) is 0.591. The average molecular weight is 318 g/mol. The Bertz CT molecular complexity index is 518. The van der Waals surface area contributed by atoms with E-state index in [2.05, 4.69) is 38.6 Å². The van der Waals surface area contributed by atoms with Crippen LogP contribution >= 0.6 is 0 Å². The first kappa shape index (κ1) is 16.1. The van der Waals surface area contributed by atoms with Crippen LogP contribution in [-0.4, -0.2) is 96.5 Å². The van der Waals surface area contributed by atoms with Gasteiger partial charge < -0.3 is 19.6 Å². The summed E-state index contributed by atoms with van der Waals surface area (Å²) >= 11 is 0. The van der Waals surface area contributed by atoms with Gasteiger partial charge in [0.05, 0.1) is 5.56 Å². The van der Waals surface area contributed by atoms with Crippen LogP contribution in [0.25, 0.3) is 0 Å². The molecule has 2 fully saturated rings. The van der Waals surface area contributed by atoms with Crippen molar-refractivity contribution in [3.8, 4) is 0 Å². The third-order valence-corrected chi connectivity index (χ3v) is 4.78. The molecule has 1 aromatic rings. The van der Waals surface area contributed by atoms with Crippen molar-refractivity contribution in [2.75, 3.05) is 70.9 Å². The summed E-state index contributed by atoms with van der Waals surface area (Å²) in [5.74, 6) is 0.774. The monoisotopic (exact) mass is 318 g/mol. The maximum atomic E-state index is 12.5. The Labute approximate surface area is 137 Å². The molecular weight excluding hydrogens is 292 g/mol. The van der Waals surface area contributed by atoms with E-state index in [0.29, 0.717) is 5.56 Å². The molecule has 2 aliphatic heterocycles. The molecule has 0 aliphatic carbocycles. The Hall–Kier alpha value is -1.73. The number of carbonyl (C=O) groups excluding carboxylic acids is 1. The second-order valence-corrected chi connectivity index (χ2v) is 6.29. The van der Waals surface area contributed by atoms with Gasteiger partial charge in [0.15, 0.2) is 0 Å². The van der Waals surface area contributed by atoms with Gasteiger partial charge in [0.1, 0.15) is 0 Å². The highest BCUT2D eigenvalue weighted by molar-refractivity contribution is 5.93. The molecule has 7 heteroatoms. The molecule has 2 aliphatic rings. The highest BCUT2D eigenvalue weighted by Gasteiger charge is 2.22. The lowest BCUT2D eigenvalue weighted by molar-refractivity contribution is 0.0642. The minimum absolute atomic E-state index is 0.0469. The molecule has 3 heterocycles. The van der Waals surface area contributed by atoms with Gasteiger partial charge in [-0.15, -0.1) is 0 Å². The third-order valence-electron chi connectivity index (χ3n) is 4.78. The van der Waals surface area contributed by atoms with Crippen LogP contribution in [0.4, 0.5) is 5.95 Å². The molecule has 1 aromatic heterocycles. The average Bonchev–Trinajstić information content (AvgIpc) is 2.62. The first-order valence-electron chi connectivity index (χ1n) is 8.44. The highest BCUT2D eigenvalue weighted by atomic mass is 16.2. The van der Waals surface area contributed by atoms with Gasteiger partial charge in [-0.2, -0.15) is 0 Å². The topological polar surface area (TPSA) is 55.8 Å². The predicted molar refractivity (Wildman–Crippen MR) is 89.8 cm³/mol. The lowest BCUT2D eigenvalue weighted by atomic mass is 10.2. The van der Waals surface area contributed by atoms with Crippen molar-refractivity contribution in [3.63, 3.8) is 0 Å². The molecule has 0 radical (unpaired) electrons. The van der Waals surface area contributed by atoms with Gasteiger partial charge in [-0.05, 0) is 13.6 Å². The van der Waals surface area contributed by atoms with Crippen LogP contribution in [0, 0.1) is 0 Å².